The molecule has 0 aliphatic rings. The Morgan fingerprint density at radius 2 is 1.09 bits per heavy atom. The van der Waals surface area contributed by atoms with Crippen LogP contribution < -0.4 is 0 Å². The van der Waals surface area contributed by atoms with Crippen molar-refractivity contribution in [3.05, 3.63) is 35.4 Å². The molecule has 4 unspecified atom stereocenters. The SMILES string of the molecule is CCCCC(CC)COC(C)OC(=O)c1ccccc1C(=O)OC(C)OCC(CC)CCCC. The summed E-state index contributed by atoms with van der Waals surface area (Å²) in [6, 6.07) is 6.50. The number of hydrogen-bond acceptors (Lipinski definition) is 6. The van der Waals surface area contributed by atoms with E-state index in [1.165, 1.54) is 0 Å². The molecule has 1 aromatic carbocycles. The van der Waals surface area contributed by atoms with Crippen molar-refractivity contribution < 1.29 is 28.5 Å². The van der Waals surface area contributed by atoms with Gasteiger partial charge < -0.3 is 18.9 Å². The summed E-state index contributed by atoms with van der Waals surface area (Å²) in [7, 11) is 0. The highest BCUT2D eigenvalue weighted by Gasteiger charge is 2.23. The maximum absolute atomic E-state index is 12.8. The molecule has 0 radical (unpaired) electrons. The van der Waals surface area contributed by atoms with Crippen molar-refractivity contribution in [1.29, 1.82) is 0 Å². The Labute approximate surface area is 206 Å². The Balaban J connectivity index is 2.64. The molecule has 0 aliphatic heterocycles. The molecule has 6 nitrogen and oxygen atoms in total. The van der Waals surface area contributed by atoms with Crippen LogP contribution in [0.3, 0.4) is 0 Å². The van der Waals surface area contributed by atoms with Gasteiger partial charge in [0.05, 0.1) is 24.3 Å². The summed E-state index contributed by atoms with van der Waals surface area (Å²) in [5, 5.41) is 0. The summed E-state index contributed by atoms with van der Waals surface area (Å²) >= 11 is 0. The van der Waals surface area contributed by atoms with Crippen molar-refractivity contribution in [2.75, 3.05) is 13.2 Å². The minimum atomic E-state index is -0.705. The Kier molecular flexibility index (Phi) is 15.5. The van der Waals surface area contributed by atoms with E-state index in [1.807, 2.05) is 0 Å². The van der Waals surface area contributed by atoms with Gasteiger partial charge in [0.25, 0.3) is 0 Å². The first-order valence-corrected chi connectivity index (χ1v) is 13.1. The third kappa shape index (κ3) is 11.5. The van der Waals surface area contributed by atoms with Crippen molar-refractivity contribution >= 4 is 11.9 Å². The largest absolute Gasteiger partial charge is 0.432 e. The highest BCUT2D eigenvalue weighted by Crippen LogP contribution is 2.18. The molecular weight excluding hydrogens is 432 g/mol. The Morgan fingerprint density at radius 3 is 1.41 bits per heavy atom. The van der Waals surface area contributed by atoms with Crippen LogP contribution >= 0.6 is 0 Å². The van der Waals surface area contributed by atoms with Gasteiger partial charge in [0.2, 0.25) is 0 Å². The third-order valence-corrected chi connectivity index (χ3v) is 6.13. The molecule has 0 fully saturated rings. The number of benzene rings is 1. The molecule has 194 valence electrons. The second kappa shape index (κ2) is 17.5. The Bertz CT molecular complexity index is 645. The van der Waals surface area contributed by atoms with Crippen molar-refractivity contribution in [2.24, 2.45) is 11.8 Å². The molecule has 0 saturated carbocycles. The van der Waals surface area contributed by atoms with E-state index in [4.69, 9.17) is 18.9 Å². The van der Waals surface area contributed by atoms with E-state index in [9.17, 15) is 9.59 Å². The quantitative estimate of drug-likeness (QED) is 0.165. The van der Waals surface area contributed by atoms with Crippen LogP contribution in [-0.4, -0.2) is 37.7 Å². The van der Waals surface area contributed by atoms with E-state index in [1.54, 1.807) is 38.1 Å². The van der Waals surface area contributed by atoms with E-state index in [-0.39, 0.29) is 11.1 Å². The van der Waals surface area contributed by atoms with Crippen LogP contribution in [0.15, 0.2) is 24.3 Å². The summed E-state index contributed by atoms with van der Waals surface area (Å²) in [5.74, 6) is -0.333. The minimum Gasteiger partial charge on any atom is -0.432 e. The smallest absolute Gasteiger partial charge is 0.341 e. The Morgan fingerprint density at radius 1 is 0.706 bits per heavy atom. The fraction of sp³-hybridized carbons (Fsp3) is 0.714. The molecule has 0 N–H and O–H groups in total. The van der Waals surface area contributed by atoms with Gasteiger partial charge in [-0.2, -0.15) is 0 Å². The van der Waals surface area contributed by atoms with Gasteiger partial charge in [-0.3, -0.25) is 0 Å². The number of ether oxygens (including phenoxy) is 4. The second-order valence-electron chi connectivity index (χ2n) is 8.99. The highest BCUT2D eigenvalue weighted by molar-refractivity contribution is 6.03. The fourth-order valence-corrected chi connectivity index (χ4v) is 3.67. The van der Waals surface area contributed by atoms with Crippen LogP contribution in [0.1, 0.15) is 114 Å². The Hall–Kier alpha value is -1.92. The lowest BCUT2D eigenvalue weighted by atomic mass is 10.0. The molecule has 0 heterocycles. The van der Waals surface area contributed by atoms with Crippen molar-refractivity contribution in [3.8, 4) is 0 Å². The standard InChI is InChI=1S/C28H46O6/c1-7-11-15-23(9-3)19-31-21(5)33-27(29)25-17-13-14-18-26(25)28(30)34-22(6)32-20-24(10-4)16-12-8-2/h13-14,17-18,21-24H,7-12,15-16,19-20H2,1-6H3. The first-order valence-electron chi connectivity index (χ1n) is 13.1. The summed E-state index contributed by atoms with van der Waals surface area (Å²) < 4.78 is 22.5. The number of esters is 2. The van der Waals surface area contributed by atoms with E-state index < -0.39 is 24.5 Å². The molecule has 1 aromatic rings. The number of carbonyl (C=O) groups excluding carboxylic acids is 2. The maximum Gasteiger partial charge on any atom is 0.341 e. The average molecular weight is 479 g/mol. The molecule has 0 bridgehead atoms. The highest BCUT2D eigenvalue weighted by atomic mass is 16.7. The number of rotatable bonds is 18. The van der Waals surface area contributed by atoms with Crippen LogP contribution in [0.25, 0.3) is 0 Å². The van der Waals surface area contributed by atoms with Gasteiger partial charge in [-0.1, -0.05) is 78.4 Å². The lowest BCUT2D eigenvalue weighted by Crippen LogP contribution is -2.25. The fourth-order valence-electron chi connectivity index (χ4n) is 3.67. The number of hydrogen-bond donors (Lipinski definition) is 0. The van der Waals surface area contributed by atoms with Gasteiger partial charge in [-0.05, 0) is 50.7 Å². The van der Waals surface area contributed by atoms with E-state index in [0.717, 1.165) is 51.4 Å². The molecule has 0 spiro atoms. The topological polar surface area (TPSA) is 71.1 Å². The zero-order valence-electron chi connectivity index (χ0n) is 22.1. The number of unbranched alkanes of at least 4 members (excludes halogenated alkanes) is 2. The molecule has 0 amide bonds. The first kappa shape index (κ1) is 30.1. The van der Waals surface area contributed by atoms with Crippen LogP contribution in [-0.2, 0) is 18.9 Å². The van der Waals surface area contributed by atoms with Gasteiger partial charge >= 0.3 is 11.9 Å². The van der Waals surface area contributed by atoms with Crippen molar-refractivity contribution in [2.45, 2.75) is 105 Å². The van der Waals surface area contributed by atoms with Crippen LogP contribution in [0, 0.1) is 11.8 Å². The first-order chi connectivity index (χ1) is 16.4. The maximum atomic E-state index is 12.8. The van der Waals surface area contributed by atoms with E-state index in [2.05, 4.69) is 27.7 Å². The average Bonchev–Trinajstić information content (AvgIpc) is 2.84. The minimum absolute atomic E-state index is 0.155. The molecule has 1 rings (SSSR count). The van der Waals surface area contributed by atoms with Gasteiger partial charge in [-0.25, -0.2) is 9.59 Å². The molecule has 0 saturated heterocycles. The molecule has 0 aromatic heterocycles. The van der Waals surface area contributed by atoms with Crippen molar-refractivity contribution in [1.82, 2.24) is 0 Å². The van der Waals surface area contributed by atoms with Gasteiger partial charge in [0.15, 0.2) is 12.6 Å². The van der Waals surface area contributed by atoms with Gasteiger partial charge in [0.1, 0.15) is 0 Å². The second-order valence-corrected chi connectivity index (χ2v) is 8.99. The van der Waals surface area contributed by atoms with Crippen LogP contribution in [0.4, 0.5) is 0 Å². The van der Waals surface area contributed by atoms with Crippen LogP contribution in [0.5, 0.6) is 0 Å². The molecular formula is C28H46O6. The normalized spacial score (nSPS) is 14.8. The zero-order valence-corrected chi connectivity index (χ0v) is 22.1. The lowest BCUT2D eigenvalue weighted by molar-refractivity contribution is -0.110. The summed E-state index contributed by atoms with van der Waals surface area (Å²) in [6.45, 7) is 13.1. The van der Waals surface area contributed by atoms with Crippen molar-refractivity contribution in [3.63, 3.8) is 0 Å². The predicted octanol–water partition coefficient (Wildman–Crippen LogP) is 7.16. The van der Waals surface area contributed by atoms with E-state index >= 15 is 0 Å². The molecule has 0 aliphatic carbocycles. The zero-order chi connectivity index (χ0) is 25.3. The summed E-state index contributed by atoms with van der Waals surface area (Å²) in [6.07, 6.45) is 7.44. The molecule has 4 atom stereocenters. The number of carbonyl (C=O) groups is 2. The monoisotopic (exact) mass is 478 g/mol. The molecule has 6 heteroatoms. The van der Waals surface area contributed by atoms with E-state index in [0.29, 0.717) is 25.0 Å². The lowest BCUT2D eigenvalue weighted by Gasteiger charge is -2.20. The summed E-state index contributed by atoms with van der Waals surface area (Å²) in [4.78, 5) is 25.5. The predicted molar refractivity (Wildman–Crippen MR) is 135 cm³/mol. The third-order valence-electron chi connectivity index (χ3n) is 6.13. The molecule has 34 heavy (non-hydrogen) atoms. The summed E-state index contributed by atoms with van der Waals surface area (Å²) in [5.41, 5.74) is 0.310. The van der Waals surface area contributed by atoms with Gasteiger partial charge in [-0.15, -0.1) is 0 Å². The van der Waals surface area contributed by atoms with Gasteiger partial charge in [0, 0.05) is 0 Å². The van der Waals surface area contributed by atoms with Crippen LogP contribution in [0.2, 0.25) is 0 Å².